The lowest BCUT2D eigenvalue weighted by molar-refractivity contribution is -0.115. The molecule has 0 radical (unpaired) electrons. The van der Waals surface area contributed by atoms with Crippen molar-refractivity contribution >= 4 is 40.1 Å². The van der Waals surface area contributed by atoms with Crippen LogP contribution in [0.3, 0.4) is 0 Å². The smallest absolute Gasteiger partial charge is 0.252 e. The molecule has 0 aliphatic rings. The number of hydrogen-bond donors (Lipinski definition) is 2. The summed E-state index contributed by atoms with van der Waals surface area (Å²) in [5, 5.41) is 4.82. The fourth-order valence-electron chi connectivity index (χ4n) is 2.06. The predicted octanol–water partition coefficient (Wildman–Crippen LogP) is 2.96. The van der Waals surface area contributed by atoms with Gasteiger partial charge in [-0.1, -0.05) is 0 Å². The molecule has 2 amide bonds. The van der Waals surface area contributed by atoms with Crippen LogP contribution in [-0.4, -0.2) is 32.6 Å². The van der Waals surface area contributed by atoms with Crippen LogP contribution in [0.15, 0.2) is 30.3 Å². The first kappa shape index (κ1) is 19.9. The van der Waals surface area contributed by atoms with Crippen LogP contribution in [0, 0.1) is 15.2 Å². The molecule has 2 N–H and O–H groups in total. The lowest BCUT2D eigenvalue weighted by atomic mass is 10.2. The summed E-state index contributed by atoms with van der Waals surface area (Å²) in [5.74, 6) is -2.31. The van der Waals surface area contributed by atoms with Gasteiger partial charge in [0.05, 0.1) is 26.3 Å². The third-order valence-corrected chi connectivity index (χ3v) is 4.22. The summed E-state index contributed by atoms with van der Waals surface area (Å²) in [6.45, 7) is -0.345. The zero-order valence-electron chi connectivity index (χ0n) is 13.9. The molecule has 2 aromatic carbocycles. The quantitative estimate of drug-likeness (QED) is 0.629. The highest BCUT2D eigenvalue weighted by Crippen LogP contribution is 2.31. The van der Waals surface area contributed by atoms with Crippen molar-refractivity contribution in [3.05, 3.63) is 51.1 Å². The number of halogens is 3. The number of ether oxygens (including phenoxy) is 2. The number of nitrogens with one attached hydrogen (secondary N) is 2. The van der Waals surface area contributed by atoms with Gasteiger partial charge < -0.3 is 20.1 Å². The first-order chi connectivity index (χ1) is 12.3. The van der Waals surface area contributed by atoms with Gasteiger partial charge in [0.25, 0.3) is 5.91 Å². The zero-order chi connectivity index (χ0) is 19.3. The van der Waals surface area contributed by atoms with Crippen molar-refractivity contribution in [3.63, 3.8) is 0 Å². The van der Waals surface area contributed by atoms with Gasteiger partial charge in [0.1, 0.15) is 0 Å². The summed E-state index contributed by atoms with van der Waals surface area (Å²) < 4.78 is 36.9. The maximum atomic E-state index is 13.1. The number of rotatable bonds is 6. The maximum Gasteiger partial charge on any atom is 0.252 e. The summed E-state index contributed by atoms with van der Waals surface area (Å²) in [4.78, 5) is 24.2. The van der Waals surface area contributed by atoms with Crippen LogP contribution in [-0.2, 0) is 4.79 Å². The van der Waals surface area contributed by atoms with Gasteiger partial charge in [0.15, 0.2) is 23.1 Å². The second-order valence-corrected chi connectivity index (χ2v) is 6.21. The second-order valence-electron chi connectivity index (χ2n) is 5.05. The molecule has 0 bridgehead atoms. The Morgan fingerprint density at radius 2 is 1.69 bits per heavy atom. The summed E-state index contributed by atoms with van der Waals surface area (Å²) in [7, 11) is 2.93. The predicted molar refractivity (Wildman–Crippen MR) is 99.6 cm³/mol. The van der Waals surface area contributed by atoms with Crippen molar-refractivity contribution in [2.24, 2.45) is 0 Å². The van der Waals surface area contributed by atoms with E-state index in [4.69, 9.17) is 9.47 Å². The van der Waals surface area contributed by atoms with Gasteiger partial charge in [0.2, 0.25) is 5.91 Å². The van der Waals surface area contributed by atoms with Gasteiger partial charge >= 0.3 is 0 Å². The van der Waals surface area contributed by atoms with Crippen molar-refractivity contribution in [3.8, 4) is 11.5 Å². The summed E-state index contributed by atoms with van der Waals surface area (Å²) in [5.41, 5.74) is 0.396. The topological polar surface area (TPSA) is 76.7 Å². The minimum atomic E-state index is -1.08. The molecule has 0 unspecified atom stereocenters. The molecule has 0 aliphatic carbocycles. The first-order valence-electron chi connectivity index (χ1n) is 7.30. The van der Waals surface area contributed by atoms with Crippen molar-refractivity contribution in [1.29, 1.82) is 0 Å². The molecular formula is C17H15F2IN2O4. The van der Waals surface area contributed by atoms with Gasteiger partial charge in [-0.15, -0.1) is 0 Å². The first-order valence-corrected chi connectivity index (χ1v) is 8.38. The van der Waals surface area contributed by atoms with Gasteiger partial charge in [-0.2, -0.15) is 0 Å². The molecule has 0 spiro atoms. The molecule has 0 saturated carbocycles. The Bertz CT molecular complexity index is 846. The van der Waals surface area contributed by atoms with Gasteiger partial charge in [0, 0.05) is 15.3 Å². The van der Waals surface area contributed by atoms with E-state index in [2.05, 4.69) is 10.6 Å². The average Bonchev–Trinajstić information content (AvgIpc) is 2.62. The van der Waals surface area contributed by atoms with E-state index in [-0.39, 0.29) is 12.2 Å². The molecule has 0 atom stereocenters. The third-order valence-electron chi connectivity index (χ3n) is 3.33. The molecule has 0 saturated heterocycles. The fourth-order valence-corrected chi connectivity index (χ4v) is 2.75. The Morgan fingerprint density at radius 3 is 2.31 bits per heavy atom. The Hall–Kier alpha value is -2.43. The number of carbonyl (C=O) groups excluding carboxylic acids is 2. The van der Waals surface area contributed by atoms with Crippen molar-refractivity contribution in [1.82, 2.24) is 5.32 Å². The SMILES string of the molecule is COc1cc(I)c(C(=O)NCC(=O)Nc2ccc(F)c(F)c2)cc1OC. The zero-order valence-corrected chi connectivity index (χ0v) is 16.0. The molecule has 2 aromatic rings. The number of anilines is 1. The molecule has 0 heterocycles. The van der Waals surface area contributed by atoms with E-state index in [9.17, 15) is 18.4 Å². The maximum absolute atomic E-state index is 13.1. The molecule has 6 nitrogen and oxygen atoms in total. The highest BCUT2D eigenvalue weighted by molar-refractivity contribution is 14.1. The molecule has 26 heavy (non-hydrogen) atoms. The minimum absolute atomic E-state index is 0.0869. The van der Waals surface area contributed by atoms with Crippen molar-refractivity contribution in [2.75, 3.05) is 26.1 Å². The van der Waals surface area contributed by atoms with E-state index in [1.54, 1.807) is 6.07 Å². The number of amides is 2. The van der Waals surface area contributed by atoms with Crippen LogP contribution in [0.2, 0.25) is 0 Å². The molecule has 9 heteroatoms. The third kappa shape index (κ3) is 4.81. The number of benzene rings is 2. The lowest BCUT2D eigenvalue weighted by Gasteiger charge is -2.12. The summed E-state index contributed by atoms with van der Waals surface area (Å²) >= 11 is 1.97. The van der Waals surface area contributed by atoms with E-state index in [0.717, 1.165) is 12.1 Å². The number of methoxy groups -OCH3 is 2. The summed E-state index contributed by atoms with van der Waals surface area (Å²) in [6.07, 6.45) is 0. The monoisotopic (exact) mass is 476 g/mol. The van der Waals surface area contributed by atoms with E-state index in [0.29, 0.717) is 20.6 Å². The molecule has 138 valence electrons. The Balaban J connectivity index is 2.01. The largest absolute Gasteiger partial charge is 0.493 e. The molecule has 0 fully saturated rings. The van der Waals surface area contributed by atoms with Crippen LogP contribution < -0.4 is 20.1 Å². The average molecular weight is 476 g/mol. The Labute approximate surface area is 162 Å². The van der Waals surface area contributed by atoms with Crippen LogP contribution in [0.1, 0.15) is 10.4 Å². The number of hydrogen-bond acceptors (Lipinski definition) is 4. The van der Waals surface area contributed by atoms with Crippen molar-refractivity contribution < 1.29 is 27.8 Å². The van der Waals surface area contributed by atoms with Gasteiger partial charge in [-0.25, -0.2) is 8.78 Å². The van der Waals surface area contributed by atoms with Crippen LogP contribution in [0.5, 0.6) is 11.5 Å². The highest BCUT2D eigenvalue weighted by atomic mass is 127. The minimum Gasteiger partial charge on any atom is -0.493 e. The molecule has 0 aromatic heterocycles. The highest BCUT2D eigenvalue weighted by Gasteiger charge is 2.16. The standard InChI is InChI=1S/C17H15F2IN2O4/c1-25-14-6-10(13(20)7-15(14)26-2)17(24)21-8-16(23)22-9-3-4-11(18)12(19)5-9/h3-7H,8H2,1-2H3,(H,21,24)(H,22,23). The van der Waals surface area contributed by atoms with E-state index < -0.39 is 23.4 Å². The molecule has 2 rings (SSSR count). The van der Waals surface area contributed by atoms with Gasteiger partial charge in [-0.05, 0) is 46.9 Å². The van der Waals surface area contributed by atoms with E-state index in [1.165, 1.54) is 26.4 Å². The van der Waals surface area contributed by atoms with Crippen LogP contribution in [0.4, 0.5) is 14.5 Å². The van der Waals surface area contributed by atoms with Crippen LogP contribution >= 0.6 is 22.6 Å². The fraction of sp³-hybridized carbons (Fsp3) is 0.176. The number of carbonyl (C=O) groups is 2. The Kier molecular flexibility index (Phi) is 6.72. The normalized spacial score (nSPS) is 10.2. The molecular weight excluding hydrogens is 461 g/mol. The molecule has 0 aliphatic heterocycles. The van der Waals surface area contributed by atoms with E-state index in [1.807, 2.05) is 22.6 Å². The summed E-state index contributed by atoms with van der Waals surface area (Å²) in [6, 6.07) is 6.11. The van der Waals surface area contributed by atoms with Gasteiger partial charge in [-0.3, -0.25) is 9.59 Å². The lowest BCUT2D eigenvalue weighted by Crippen LogP contribution is -2.33. The second kappa shape index (κ2) is 8.79. The van der Waals surface area contributed by atoms with Crippen LogP contribution in [0.25, 0.3) is 0 Å². The van der Waals surface area contributed by atoms with Crippen molar-refractivity contribution in [2.45, 2.75) is 0 Å². The Morgan fingerprint density at radius 1 is 1.04 bits per heavy atom. The van der Waals surface area contributed by atoms with E-state index >= 15 is 0 Å².